The van der Waals surface area contributed by atoms with Gasteiger partial charge < -0.3 is 28.8 Å². The molecule has 2 aromatic rings. The maximum Gasteiger partial charge on any atom is 0.373 e. The van der Waals surface area contributed by atoms with Gasteiger partial charge in [0.15, 0.2) is 11.5 Å². The summed E-state index contributed by atoms with van der Waals surface area (Å²) < 4.78 is 27.8. The van der Waals surface area contributed by atoms with Gasteiger partial charge in [-0.25, -0.2) is 4.79 Å². The highest BCUT2D eigenvalue weighted by atomic mass is 16.7. The fraction of sp³-hybridized carbons (Fsp3) is 0.292. The number of rotatable bonds is 8. The Hall–Kier alpha value is -3.29. The number of hydrogen-bond donors (Lipinski definition) is 1. The number of carbonyl (C=O) groups excluding carboxylic acids is 1. The molecule has 2 aliphatic rings. The lowest BCUT2D eigenvalue weighted by molar-refractivity contribution is -0.163. The van der Waals surface area contributed by atoms with Gasteiger partial charge in [0.1, 0.15) is 6.61 Å². The molecule has 7 nitrogen and oxygen atoms in total. The fourth-order valence-electron chi connectivity index (χ4n) is 3.42. The van der Waals surface area contributed by atoms with Gasteiger partial charge in [-0.05, 0) is 34.9 Å². The molecule has 0 radical (unpaired) electrons. The van der Waals surface area contributed by atoms with Crippen molar-refractivity contribution < 1.29 is 33.6 Å². The van der Waals surface area contributed by atoms with Crippen LogP contribution in [0.5, 0.6) is 11.5 Å². The molecular formula is C24H24O7. The smallest absolute Gasteiger partial charge is 0.373 e. The monoisotopic (exact) mass is 424 g/mol. The number of allylic oxidation sites excluding steroid dienone is 1. The number of benzene rings is 2. The molecule has 2 atom stereocenters. The second-order valence-corrected chi connectivity index (χ2v) is 7.21. The quantitative estimate of drug-likeness (QED) is 0.512. The van der Waals surface area contributed by atoms with E-state index in [1.165, 1.54) is 6.08 Å². The summed E-state index contributed by atoms with van der Waals surface area (Å²) in [6, 6.07) is 13.2. The lowest BCUT2D eigenvalue weighted by atomic mass is 9.92. The number of aliphatic hydroxyl groups excluding tert-OH is 1. The van der Waals surface area contributed by atoms with Gasteiger partial charge in [0.25, 0.3) is 0 Å². The molecule has 1 N–H and O–H groups in total. The average molecular weight is 424 g/mol. The normalized spacial score (nSPS) is 19.3. The van der Waals surface area contributed by atoms with E-state index in [9.17, 15) is 9.90 Å². The molecule has 0 fully saturated rings. The lowest BCUT2D eigenvalue weighted by Crippen LogP contribution is -2.27. The maximum absolute atomic E-state index is 12.4. The van der Waals surface area contributed by atoms with Gasteiger partial charge in [-0.2, -0.15) is 0 Å². The molecule has 0 aromatic heterocycles. The van der Waals surface area contributed by atoms with Crippen LogP contribution in [0.4, 0.5) is 0 Å². The second-order valence-electron chi connectivity index (χ2n) is 7.21. The van der Waals surface area contributed by atoms with E-state index in [-0.39, 0.29) is 31.7 Å². The van der Waals surface area contributed by atoms with Crippen LogP contribution in [0.25, 0.3) is 0 Å². The third-order valence-corrected chi connectivity index (χ3v) is 5.06. The van der Waals surface area contributed by atoms with E-state index in [0.717, 1.165) is 16.7 Å². The van der Waals surface area contributed by atoms with Gasteiger partial charge in [-0.3, -0.25) is 0 Å². The zero-order chi connectivity index (χ0) is 21.6. The van der Waals surface area contributed by atoms with Crippen LogP contribution in [0, 0.1) is 0 Å². The molecule has 0 unspecified atom stereocenters. The summed E-state index contributed by atoms with van der Waals surface area (Å²) in [5, 5.41) is 9.18. The summed E-state index contributed by atoms with van der Waals surface area (Å²) in [5.41, 5.74) is 2.73. The Morgan fingerprint density at radius 1 is 1.13 bits per heavy atom. The van der Waals surface area contributed by atoms with E-state index >= 15 is 0 Å². The first-order chi connectivity index (χ1) is 15.2. The molecular weight excluding hydrogens is 400 g/mol. The van der Waals surface area contributed by atoms with Crippen LogP contribution in [0.3, 0.4) is 0 Å². The number of esters is 1. The number of fused-ring (bicyclic) bond motifs is 1. The van der Waals surface area contributed by atoms with Crippen molar-refractivity contribution in [1.82, 2.24) is 0 Å². The van der Waals surface area contributed by atoms with Crippen molar-refractivity contribution in [2.24, 2.45) is 0 Å². The number of aliphatic hydroxyl groups is 1. The summed E-state index contributed by atoms with van der Waals surface area (Å²) in [6.07, 6.45) is 3.13. The molecule has 0 saturated heterocycles. The molecule has 0 spiro atoms. The third kappa shape index (κ3) is 5.07. The molecule has 0 amide bonds. The van der Waals surface area contributed by atoms with E-state index in [0.29, 0.717) is 24.5 Å². The Morgan fingerprint density at radius 2 is 1.90 bits per heavy atom. The van der Waals surface area contributed by atoms with Crippen molar-refractivity contribution in [3.63, 3.8) is 0 Å². The van der Waals surface area contributed by atoms with Gasteiger partial charge in [0.05, 0.1) is 13.2 Å². The zero-order valence-electron chi connectivity index (χ0n) is 17.0. The van der Waals surface area contributed by atoms with Crippen LogP contribution >= 0.6 is 0 Å². The van der Waals surface area contributed by atoms with E-state index in [1.54, 1.807) is 6.08 Å². The van der Waals surface area contributed by atoms with Crippen LogP contribution in [0.15, 0.2) is 67.0 Å². The van der Waals surface area contributed by atoms with Crippen LogP contribution in [0.2, 0.25) is 0 Å². The van der Waals surface area contributed by atoms with Crippen LogP contribution in [0.1, 0.15) is 29.0 Å². The van der Waals surface area contributed by atoms with Gasteiger partial charge in [0.2, 0.25) is 18.8 Å². The Kier molecular flexibility index (Phi) is 6.54. The van der Waals surface area contributed by atoms with Crippen LogP contribution in [-0.4, -0.2) is 30.8 Å². The van der Waals surface area contributed by atoms with Crippen LogP contribution in [-0.2, 0) is 32.2 Å². The first-order valence-electron chi connectivity index (χ1n) is 10.0. The molecule has 7 heteroatoms. The molecule has 31 heavy (non-hydrogen) atoms. The predicted octanol–water partition coefficient (Wildman–Crippen LogP) is 3.57. The van der Waals surface area contributed by atoms with Crippen molar-refractivity contribution in [2.45, 2.75) is 31.8 Å². The highest BCUT2D eigenvalue weighted by Gasteiger charge is 2.30. The van der Waals surface area contributed by atoms with E-state index < -0.39 is 12.3 Å². The largest absolute Gasteiger partial charge is 0.458 e. The molecule has 4 rings (SSSR count). The van der Waals surface area contributed by atoms with Gasteiger partial charge in [0, 0.05) is 12.3 Å². The lowest BCUT2D eigenvalue weighted by Gasteiger charge is -2.29. The number of ether oxygens (including phenoxy) is 5. The predicted molar refractivity (Wildman–Crippen MR) is 111 cm³/mol. The minimum atomic E-state index is -0.635. The summed E-state index contributed by atoms with van der Waals surface area (Å²) in [5.74, 6) is 0.790. The first-order valence-corrected chi connectivity index (χ1v) is 10.0. The van der Waals surface area contributed by atoms with Gasteiger partial charge >= 0.3 is 5.97 Å². The van der Waals surface area contributed by atoms with E-state index in [1.807, 2.05) is 42.5 Å². The summed E-state index contributed by atoms with van der Waals surface area (Å²) >= 11 is 0. The van der Waals surface area contributed by atoms with Crippen molar-refractivity contribution in [2.75, 3.05) is 13.4 Å². The van der Waals surface area contributed by atoms with E-state index in [2.05, 4.69) is 6.58 Å². The fourth-order valence-corrected chi connectivity index (χ4v) is 3.42. The minimum Gasteiger partial charge on any atom is -0.458 e. The highest BCUT2D eigenvalue weighted by molar-refractivity contribution is 5.86. The van der Waals surface area contributed by atoms with Crippen molar-refractivity contribution in [3.8, 4) is 11.5 Å². The highest BCUT2D eigenvalue weighted by Crippen LogP contribution is 2.38. The number of carbonyl (C=O) groups is 1. The summed E-state index contributed by atoms with van der Waals surface area (Å²) in [6.45, 7) is 4.15. The van der Waals surface area contributed by atoms with Crippen molar-refractivity contribution in [1.29, 1.82) is 0 Å². The Balaban J connectivity index is 1.50. The van der Waals surface area contributed by atoms with Gasteiger partial charge in [-0.1, -0.05) is 43.0 Å². The Labute approximate surface area is 180 Å². The van der Waals surface area contributed by atoms with Gasteiger partial charge in [-0.15, -0.1) is 0 Å². The van der Waals surface area contributed by atoms with Crippen molar-refractivity contribution >= 4 is 5.97 Å². The van der Waals surface area contributed by atoms with E-state index in [4.69, 9.17) is 23.7 Å². The van der Waals surface area contributed by atoms with Crippen molar-refractivity contribution in [3.05, 3.63) is 83.6 Å². The molecule has 0 aliphatic carbocycles. The molecule has 0 saturated carbocycles. The molecule has 2 heterocycles. The first kappa shape index (κ1) is 21.0. The standard InChI is InChI=1S/C24H24O7/c1-2-9-27-24(26)22-11-19(18-7-8-20-21(10-18)30-15-29-20)12-23(31-22)28-14-17-5-3-16(13-25)4-6-17/h2-8,10-11,19,23,25H,1,9,12-15H2/t19-,23+/m0/s1. The Bertz CT molecular complexity index is 964. The molecule has 162 valence electrons. The maximum atomic E-state index is 12.4. The average Bonchev–Trinajstić information content (AvgIpc) is 3.29. The number of hydrogen-bond acceptors (Lipinski definition) is 7. The molecule has 2 aliphatic heterocycles. The minimum absolute atomic E-state index is 0.00887. The summed E-state index contributed by atoms with van der Waals surface area (Å²) in [7, 11) is 0. The molecule has 0 bridgehead atoms. The topological polar surface area (TPSA) is 83.5 Å². The SMILES string of the molecule is C=CCOC(=O)C1=C[C@H](c2ccc3c(c2)OCO3)C[C@H](OCc2ccc(CO)cc2)O1. The third-order valence-electron chi connectivity index (χ3n) is 5.06. The Morgan fingerprint density at radius 3 is 2.68 bits per heavy atom. The zero-order valence-corrected chi connectivity index (χ0v) is 17.0. The van der Waals surface area contributed by atoms with Crippen LogP contribution < -0.4 is 9.47 Å². The molecule has 2 aromatic carbocycles. The summed E-state index contributed by atoms with van der Waals surface area (Å²) in [4.78, 5) is 12.4. The second kappa shape index (κ2) is 9.68.